The van der Waals surface area contributed by atoms with Crippen molar-refractivity contribution < 1.29 is 14.6 Å². The topological polar surface area (TPSA) is 53.0 Å². The van der Waals surface area contributed by atoms with E-state index in [9.17, 15) is 9.90 Å². The minimum atomic E-state index is -0.242. The van der Waals surface area contributed by atoms with Crippen LogP contribution in [0.3, 0.4) is 0 Å². The third-order valence-corrected chi connectivity index (χ3v) is 5.23. The average Bonchev–Trinajstić information content (AvgIpc) is 3.18. The lowest BCUT2D eigenvalue weighted by molar-refractivity contribution is -0.121. The van der Waals surface area contributed by atoms with Crippen LogP contribution in [0.15, 0.2) is 24.3 Å². The van der Waals surface area contributed by atoms with Crippen molar-refractivity contribution in [2.75, 3.05) is 37.7 Å². The van der Waals surface area contributed by atoms with Crippen molar-refractivity contribution in [1.29, 1.82) is 0 Å². The van der Waals surface area contributed by atoms with Crippen LogP contribution in [0.5, 0.6) is 5.75 Å². The molecule has 1 aromatic carbocycles. The van der Waals surface area contributed by atoms with Crippen LogP contribution >= 0.6 is 0 Å². The highest BCUT2D eigenvalue weighted by Gasteiger charge is 2.31. The first kappa shape index (κ1) is 17.2. The number of aliphatic hydroxyl groups excluding tert-OH is 1. The Kier molecular flexibility index (Phi) is 5.74. The Morgan fingerprint density at radius 3 is 2.62 bits per heavy atom. The molecule has 2 aliphatic rings. The first-order valence-electron chi connectivity index (χ1n) is 9.08. The van der Waals surface area contributed by atoms with Gasteiger partial charge in [-0.25, -0.2) is 0 Å². The molecule has 2 aliphatic heterocycles. The van der Waals surface area contributed by atoms with Crippen LogP contribution in [-0.4, -0.2) is 54.8 Å². The van der Waals surface area contributed by atoms with Crippen molar-refractivity contribution in [1.82, 2.24) is 4.90 Å². The van der Waals surface area contributed by atoms with Crippen LogP contribution in [0.1, 0.15) is 32.6 Å². The SMILES string of the molecule is CC1CCCN1CCCOc1ccc(N2CCC(CO)C2=O)cc1. The van der Waals surface area contributed by atoms with Crippen LogP contribution in [0.25, 0.3) is 0 Å². The Morgan fingerprint density at radius 2 is 2.00 bits per heavy atom. The molecule has 2 heterocycles. The molecule has 3 rings (SSSR count). The van der Waals surface area contributed by atoms with E-state index >= 15 is 0 Å². The number of carbonyl (C=O) groups is 1. The van der Waals surface area contributed by atoms with Gasteiger partial charge in [-0.05, 0) is 63.4 Å². The van der Waals surface area contributed by atoms with Gasteiger partial charge >= 0.3 is 0 Å². The van der Waals surface area contributed by atoms with Crippen molar-refractivity contribution in [3.63, 3.8) is 0 Å². The Labute approximate surface area is 144 Å². The predicted molar refractivity (Wildman–Crippen MR) is 94.4 cm³/mol. The van der Waals surface area contributed by atoms with Crippen LogP contribution in [0.4, 0.5) is 5.69 Å². The monoisotopic (exact) mass is 332 g/mol. The predicted octanol–water partition coefficient (Wildman–Crippen LogP) is 2.29. The number of benzene rings is 1. The number of hydrogen-bond acceptors (Lipinski definition) is 4. The third-order valence-electron chi connectivity index (χ3n) is 5.23. The van der Waals surface area contributed by atoms with Crippen molar-refractivity contribution >= 4 is 11.6 Å². The normalized spacial score (nSPS) is 24.8. The van der Waals surface area contributed by atoms with Crippen molar-refractivity contribution in [2.24, 2.45) is 5.92 Å². The van der Waals surface area contributed by atoms with Gasteiger partial charge in [0.25, 0.3) is 0 Å². The van der Waals surface area contributed by atoms with Crippen LogP contribution in [-0.2, 0) is 4.79 Å². The third kappa shape index (κ3) is 3.90. The molecule has 1 N–H and O–H groups in total. The van der Waals surface area contributed by atoms with E-state index in [1.54, 1.807) is 4.90 Å². The number of amides is 1. The van der Waals surface area contributed by atoms with Gasteiger partial charge in [-0.1, -0.05) is 0 Å². The summed E-state index contributed by atoms with van der Waals surface area (Å²) in [4.78, 5) is 16.4. The highest BCUT2D eigenvalue weighted by Crippen LogP contribution is 2.26. The summed E-state index contributed by atoms with van der Waals surface area (Å²) in [6.45, 7) is 5.95. The molecule has 0 saturated carbocycles. The molecule has 1 amide bonds. The summed E-state index contributed by atoms with van der Waals surface area (Å²) < 4.78 is 5.82. The standard InChI is InChI=1S/C19H28N2O3/c1-15-4-2-10-20(15)11-3-13-24-18-7-5-17(6-8-18)21-12-9-16(14-22)19(21)23/h5-8,15-16,22H,2-4,9-14H2,1H3. The molecule has 2 fully saturated rings. The lowest BCUT2D eigenvalue weighted by Gasteiger charge is -2.20. The molecule has 0 spiro atoms. The van der Waals surface area contributed by atoms with E-state index < -0.39 is 0 Å². The molecule has 2 saturated heterocycles. The molecule has 2 unspecified atom stereocenters. The Morgan fingerprint density at radius 1 is 1.21 bits per heavy atom. The van der Waals surface area contributed by atoms with E-state index in [0.717, 1.165) is 37.4 Å². The number of nitrogens with zero attached hydrogens (tertiary/aromatic N) is 2. The van der Waals surface area contributed by atoms with Gasteiger partial charge in [0, 0.05) is 24.8 Å². The zero-order valence-corrected chi connectivity index (χ0v) is 14.5. The zero-order chi connectivity index (χ0) is 16.9. The van der Waals surface area contributed by atoms with Crippen LogP contribution in [0.2, 0.25) is 0 Å². The fourth-order valence-electron chi connectivity index (χ4n) is 3.67. The van der Waals surface area contributed by atoms with E-state index in [2.05, 4.69) is 11.8 Å². The number of rotatable bonds is 7. The lowest BCUT2D eigenvalue weighted by atomic mass is 10.1. The Bertz CT molecular complexity index is 546. The second-order valence-corrected chi connectivity index (χ2v) is 6.88. The number of likely N-dealkylation sites (tertiary alicyclic amines) is 1. The van der Waals surface area contributed by atoms with Gasteiger partial charge in [0.2, 0.25) is 5.91 Å². The first-order chi connectivity index (χ1) is 11.7. The average molecular weight is 332 g/mol. The summed E-state index contributed by atoms with van der Waals surface area (Å²) >= 11 is 0. The quantitative estimate of drug-likeness (QED) is 0.779. The summed E-state index contributed by atoms with van der Waals surface area (Å²) in [5.41, 5.74) is 0.884. The van der Waals surface area contributed by atoms with Gasteiger partial charge in [-0.3, -0.25) is 4.79 Å². The molecule has 0 radical (unpaired) electrons. The van der Waals surface area contributed by atoms with Gasteiger partial charge in [0.15, 0.2) is 0 Å². The Balaban J connectivity index is 1.44. The fraction of sp³-hybridized carbons (Fsp3) is 0.632. The summed E-state index contributed by atoms with van der Waals surface area (Å²) in [7, 11) is 0. The number of hydrogen-bond donors (Lipinski definition) is 1. The maximum absolute atomic E-state index is 12.1. The van der Waals surface area contributed by atoms with Gasteiger partial charge in [0.05, 0.1) is 19.1 Å². The van der Waals surface area contributed by atoms with Gasteiger partial charge in [-0.15, -0.1) is 0 Å². The van der Waals surface area contributed by atoms with E-state index in [1.807, 2.05) is 24.3 Å². The smallest absolute Gasteiger partial charge is 0.232 e. The van der Waals surface area contributed by atoms with Gasteiger partial charge in [-0.2, -0.15) is 0 Å². The van der Waals surface area contributed by atoms with Crippen LogP contribution < -0.4 is 9.64 Å². The van der Waals surface area contributed by atoms with E-state index in [1.165, 1.54) is 19.4 Å². The molecule has 0 bridgehead atoms. The second kappa shape index (κ2) is 7.99. The fourth-order valence-corrected chi connectivity index (χ4v) is 3.67. The summed E-state index contributed by atoms with van der Waals surface area (Å²) in [5.74, 6) is 0.624. The molecule has 1 aromatic rings. The maximum Gasteiger partial charge on any atom is 0.232 e. The number of anilines is 1. The van der Waals surface area contributed by atoms with E-state index in [0.29, 0.717) is 12.6 Å². The molecular formula is C19H28N2O3. The molecule has 5 nitrogen and oxygen atoms in total. The van der Waals surface area contributed by atoms with Gasteiger partial charge in [0.1, 0.15) is 5.75 Å². The molecule has 0 aromatic heterocycles. The number of aliphatic hydroxyl groups is 1. The van der Waals surface area contributed by atoms with Crippen molar-refractivity contribution in [2.45, 2.75) is 38.6 Å². The highest BCUT2D eigenvalue weighted by atomic mass is 16.5. The summed E-state index contributed by atoms with van der Waals surface area (Å²) in [6, 6.07) is 8.41. The lowest BCUT2D eigenvalue weighted by Crippen LogP contribution is -2.28. The van der Waals surface area contributed by atoms with E-state index in [4.69, 9.17) is 4.74 Å². The Hall–Kier alpha value is -1.59. The molecule has 2 atom stereocenters. The molecule has 132 valence electrons. The minimum absolute atomic E-state index is 0.0194. The highest BCUT2D eigenvalue weighted by molar-refractivity contribution is 5.97. The summed E-state index contributed by atoms with van der Waals surface area (Å²) in [5, 5.41) is 9.19. The second-order valence-electron chi connectivity index (χ2n) is 6.88. The minimum Gasteiger partial charge on any atom is -0.494 e. The first-order valence-corrected chi connectivity index (χ1v) is 9.08. The van der Waals surface area contributed by atoms with Crippen molar-refractivity contribution in [3.8, 4) is 5.75 Å². The van der Waals surface area contributed by atoms with Crippen molar-refractivity contribution in [3.05, 3.63) is 24.3 Å². The zero-order valence-electron chi connectivity index (χ0n) is 14.5. The van der Waals surface area contributed by atoms with Gasteiger partial charge < -0.3 is 19.6 Å². The molecule has 0 aliphatic carbocycles. The van der Waals surface area contributed by atoms with E-state index in [-0.39, 0.29) is 18.4 Å². The number of ether oxygens (including phenoxy) is 1. The maximum atomic E-state index is 12.1. The molecule has 24 heavy (non-hydrogen) atoms. The molecule has 5 heteroatoms. The largest absolute Gasteiger partial charge is 0.494 e. The van der Waals surface area contributed by atoms with Crippen LogP contribution in [0, 0.1) is 5.92 Å². The summed E-state index contributed by atoms with van der Waals surface area (Å²) in [6.07, 6.45) is 4.39. The number of carbonyl (C=O) groups excluding carboxylic acids is 1. The molecular weight excluding hydrogens is 304 g/mol.